The van der Waals surface area contributed by atoms with Gasteiger partial charge in [0, 0.05) is 38.6 Å². The Kier molecular flexibility index (Phi) is 3.06. The molecule has 2 aliphatic heterocycles. The zero-order valence-electron chi connectivity index (χ0n) is 14.7. The molecule has 5 rings (SSSR count). The minimum absolute atomic E-state index is 0.0384. The second-order valence-electron chi connectivity index (χ2n) is 7.28. The fraction of sp³-hybridized carbons (Fsp3) is 0.500. The van der Waals surface area contributed by atoms with Crippen molar-refractivity contribution in [2.24, 2.45) is 12.5 Å². The molecule has 0 aromatic carbocycles. The molecule has 3 aromatic heterocycles. The van der Waals surface area contributed by atoms with E-state index in [0.29, 0.717) is 5.69 Å². The molecule has 0 aliphatic carbocycles. The SMILES string of the molecule is Cc1nc(N2CC3(CCN(C(=O)c4cnn(C)n4)C3)C2)c2cn[nH]c2n1. The molecule has 134 valence electrons. The molecule has 0 saturated carbocycles. The van der Waals surface area contributed by atoms with Crippen molar-refractivity contribution in [1.29, 1.82) is 0 Å². The molecule has 2 saturated heterocycles. The molecule has 1 N–H and O–H groups in total. The van der Waals surface area contributed by atoms with Gasteiger partial charge >= 0.3 is 0 Å². The Bertz CT molecular complexity index is 1000. The molecular formula is C16H19N9O. The summed E-state index contributed by atoms with van der Waals surface area (Å²) in [7, 11) is 1.71. The van der Waals surface area contributed by atoms with Gasteiger partial charge in [-0.05, 0) is 13.3 Å². The third-order valence-corrected chi connectivity index (χ3v) is 5.30. The molecule has 1 spiro atoms. The summed E-state index contributed by atoms with van der Waals surface area (Å²) >= 11 is 0. The molecule has 0 radical (unpaired) electrons. The van der Waals surface area contributed by atoms with Crippen molar-refractivity contribution >= 4 is 22.8 Å². The summed E-state index contributed by atoms with van der Waals surface area (Å²) < 4.78 is 0. The number of aromatic nitrogens is 7. The summed E-state index contributed by atoms with van der Waals surface area (Å²) in [6.45, 7) is 5.16. The molecule has 2 fully saturated rings. The largest absolute Gasteiger partial charge is 0.355 e. The molecule has 26 heavy (non-hydrogen) atoms. The highest BCUT2D eigenvalue weighted by Gasteiger charge is 2.49. The summed E-state index contributed by atoms with van der Waals surface area (Å²) in [6.07, 6.45) is 4.29. The van der Waals surface area contributed by atoms with Gasteiger partial charge < -0.3 is 9.80 Å². The van der Waals surface area contributed by atoms with Crippen molar-refractivity contribution in [2.45, 2.75) is 13.3 Å². The van der Waals surface area contributed by atoms with E-state index in [9.17, 15) is 4.79 Å². The van der Waals surface area contributed by atoms with Gasteiger partial charge in [0.25, 0.3) is 5.91 Å². The molecule has 10 nitrogen and oxygen atoms in total. The number of hydrogen-bond acceptors (Lipinski definition) is 7. The first-order chi connectivity index (χ1) is 12.5. The number of aryl methyl sites for hydroxylation is 2. The van der Waals surface area contributed by atoms with Crippen LogP contribution in [0, 0.1) is 12.3 Å². The van der Waals surface area contributed by atoms with Crippen molar-refractivity contribution < 1.29 is 4.79 Å². The van der Waals surface area contributed by atoms with E-state index in [-0.39, 0.29) is 11.3 Å². The first-order valence-corrected chi connectivity index (χ1v) is 8.61. The van der Waals surface area contributed by atoms with Crippen LogP contribution in [0.4, 0.5) is 5.82 Å². The van der Waals surface area contributed by atoms with Crippen molar-refractivity contribution in [3.8, 4) is 0 Å². The van der Waals surface area contributed by atoms with Gasteiger partial charge in [0.05, 0.1) is 17.8 Å². The van der Waals surface area contributed by atoms with Crippen LogP contribution in [0.15, 0.2) is 12.4 Å². The van der Waals surface area contributed by atoms with Crippen molar-refractivity contribution in [2.75, 3.05) is 31.1 Å². The van der Waals surface area contributed by atoms with Gasteiger partial charge in [-0.3, -0.25) is 9.89 Å². The third kappa shape index (κ3) is 2.25. The Balaban J connectivity index is 1.32. The summed E-state index contributed by atoms with van der Waals surface area (Å²) in [5, 5.41) is 16.0. The summed E-state index contributed by atoms with van der Waals surface area (Å²) in [5.41, 5.74) is 1.30. The monoisotopic (exact) mass is 353 g/mol. The summed E-state index contributed by atoms with van der Waals surface area (Å²) in [4.78, 5) is 27.1. The molecule has 0 atom stereocenters. The lowest BCUT2D eigenvalue weighted by Gasteiger charge is -2.48. The number of nitrogens with zero attached hydrogens (tertiary/aromatic N) is 8. The highest BCUT2D eigenvalue weighted by molar-refractivity contribution is 5.92. The number of nitrogens with one attached hydrogen (secondary N) is 1. The zero-order chi connectivity index (χ0) is 17.9. The topological polar surface area (TPSA) is 109 Å². The van der Waals surface area contributed by atoms with Crippen LogP contribution in [0.3, 0.4) is 0 Å². The molecular weight excluding hydrogens is 334 g/mol. The molecule has 2 aliphatic rings. The number of H-pyrrole nitrogens is 1. The standard InChI is InChI=1S/C16H19N9O/c1-10-19-13-11(5-17-21-13)14(20-10)25-8-16(9-25)3-4-24(7-16)15(26)12-6-18-23(2)22-12/h5-6H,3-4,7-9H2,1-2H3,(H,17,19,20,21). The second-order valence-corrected chi connectivity index (χ2v) is 7.28. The summed E-state index contributed by atoms with van der Waals surface area (Å²) in [6, 6.07) is 0. The predicted octanol–water partition coefficient (Wildman–Crippen LogP) is 0.142. The van der Waals surface area contributed by atoms with Crippen LogP contribution in [0.2, 0.25) is 0 Å². The number of fused-ring (bicyclic) bond motifs is 1. The number of carbonyl (C=O) groups is 1. The first-order valence-electron chi connectivity index (χ1n) is 8.61. The van der Waals surface area contributed by atoms with Gasteiger partial charge in [0.1, 0.15) is 11.6 Å². The van der Waals surface area contributed by atoms with Gasteiger partial charge in [-0.15, -0.1) is 5.10 Å². The molecule has 0 bridgehead atoms. The quantitative estimate of drug-likeness (QED) is 0.698. The van der Waals surface area contributed by atoms with E-state index < -0.39 is 0 Å². The highest BCUT2D eigenvalue weighted by Crippen LogP contribution is 2.42. The summed E-state index contributed by atoms with van der Waals surface area (Å²) in [5.74, 6) is 1.61. The molecule has 0 unspecified atom stereocenters. The van der Waals surface area contributed by atoms with Crippen LogP contribution in [0.1, 0.15) is 22.7 Å². The number of carbonyl (C=O) groups excluding carboxylic acids is 1. The lowest BCUT2D eigenvalue weighted by atomic mass is 9.79. The van der Waals surface area contributed by atoms with Crippen LogP contribution in [0.5, 0.6) is 0 Å². The van der Waals surface area contributed by atoms with Crippen molar-refractivity contribution in [3.05, 3.63) is 23.9 Å². The highest BCUT2D eigenvalue weighted by atomic mass is 16.2. The van der Waals surface area contributed by atoms with E-state index >= 15 is 0 Å². The minimum atomic E-state index is -0.0384. The Morgan fingerprint density at radius 1 is 1.23 bits per heavy atom. The van der Waals surface area contributed by atoms with E-state index in [4.69, 9.17) is 0 Å². The van der Waals surface area contributed by atoms with Crippen LogP contribution in [-0.4, -0.2) is 72.1 Å². The number of amides is 1. The Hall–Kier alpha value is -3.04. The van der Waals surface area contributed by atoms with Crippen molar-refractivity contribution in [1.82, 2.24) is 40.1 Å². The maximum atomic E-state index is 12.6. The Morgan fingerprint density at radius 2 is 2.08 bits per heavy atom. The fourth-order valence-corrected chi connectivity index (χ4v) is 4.06. The third-order valence-electron chi connectivity index (χ3n) is 5.30. The van der Waals surface area contributed by atoms with Crippen LogP contribution >= 0.6 is 0 Å². The van der Waals surface area contributed by atoms with E-state index in [0.717, 1.165) is 55.3 Å². The van der Waals surface area contributed by atoms with E-state index in [2.05, 4.69) is 35.3 Å². The predicted molar refractivity (Wildman–Crippen MR) is 92.6 cm³/mol. The second kappa shape index (κ2) is 5.23. The van der Waals surface area contributed by atoms with Gasteiger partial charge in [-0.25, -0.2) is 9.97 Å². The zero-order valence-corrected chi connectivity index (χ0v) is 14.7. The van der Waals surface area contributed by atoms with Crippen LogP contribution in [0.25, 0.3) is 11.0 Å². The number of likely N-dealkylation sites (tertiary alicyclic amines) is 1. The van der Waals surface area contributed by atoms with E-state index in [1.54, 1.807) is 13.2 Å². The van der Waals surface area contributed by atoms with E-state index in [1.165, 1.54) is 11.0 Å². The first kappa shape index (κ1) is 15.2. The maximum absolute atomic E-state index is 12.6. The smallest absolute Gasteiger partial charge is 0.276 e. The Morgan fingerprint density at radius 3 is 2.85 bits per heavy atom. The van der Waals surface area contributed by atoms with Crippen LogP contribution in [-0.2, 0) is 7.05 Å². The van der Waals surface area contributed by atoms with Gasteiger partial charge in [-0.1, -0.05) is 0 Å². The molecule has 1 amide bonds. The van der Waals surface area contributed by atoms with Crippen LogP contribution < -0.4 is 4.90 Å². The average Bonchev–Trinajstić information content (AvgIpc) is 3.30. The fourth-order valence-electron chi connectivity index (χ4n) is 4.06. The lowest BCUT2D eigenvalue weighted by molar-refractivity contribution is 0.0756. The number of rotatable bonds is 2. The Labute approximate surface area is 149 Å². The minimum Gasteiger partial charge on any atom is -0.355 e. The van der Waals surface area contributed by atoms with E-state index in [1.807, 2.05) is 11.8 Å². The number of anilines is 1. The average molecular weight is 353 g/mol. The van der Waals surface area contributed by atoms with Gasteiger partial charge in [0.15, 0.2) is 11.3 Å². The molecule has 3 aromatic rings. The van der Waals surface area contributed by atoms with Crippen molar-refractivity contribution in [3.63, 3.8) is 0 Å². The normalized spacial score (nSPS) is 18.7. The van der Waals surface area contributed by atoms with Gasteiger partial charge in [-0.2, -0.15) is 15.0 Å². The molecule has 10 heteroatoms. The maximum Gasteiger partial charge on any atom is 0.276 e. The lowest BCUT2D eigenvalue weighted by Crippen LogP contribution is -2.58. The molecule has 5 heterocycles. The number of aromatic amines is 1. The number of hydrogen-bond donors (Lipinski definition) is 1. The van der Waals surface area contributed by atoms with Gasteiger partial charge in [0.2, 0.25) is 0 Å².